The van der Waals surface area contributed by atoms with Crippen LogP contribution < -0.4 is 0 Å². The molecule has 1 atom stereocenters. The van der Waals surface area contributed by atoms with Crippen LogP contribution in [0.1, 0.15) is 13.8 Å². The lowest BCUT2D eigenvalue weighted by molar-refractivity contribution is -0.379. The molecule has 2 nitrogen and oxygen atoms in total. The second-order valence-electron chi connectivity index (χ2n) is 3.55. The van der Waals surface area contributed by atoms with Crippen LogP contribution in [0.4, 0.5) is 30.7 Å². The fraction of sp³-hybridized carbons (Fsp3) is 0.778. The van der Waals surface area contributed by atoms with Gasteiger partial charge in [-0.15, -0.1) is 0 Å². The Morgan fingerprint density at radius 2 is 1.44 bits per heavy atom. The van der Waals surface area contributed by atoms with Gasteiger partial charge in [0.25, 0.3) is 0 Å². The molecule has 0 bridgehead atoms. The van der Waals surface area contributed by atoms with E-state index in [1.807, 2.05) is 0 Å². The summed E-state index contributed by atoms with van der Waals surface area (Å²) in [4.78, 5) is 0. The van der Waals surface area contributed by atoms with E-state index in [2.05, 4.69) is 4.74 Å². The molecule has 0 aliphatic rings. The van der Waals surface area contributed by atoms with Gasteiger partial charge in [-0.25, -0.2) is 0 Å². The Kier molecular flexibility index (Phi) is 4.67. The number of alkyl halides is 7. The standard InChI is InChI=1S/C9H11F7O2/c1-3-18-5-4-6(2,17)7(10,11)8(12,13)9(14,15)16/h4-5,17H,3H2,1-2H3/b5-4+/t6-/m1/s1. The third-order valence-electron chi connectivity index (χ3n) is 2.04. The Balaban J connectivity index is 5.36. The smallest absolute Gasteiger partial charge is 0.460 e. The Morgan fingerprint density at radius 1 is 1.00 bits per heavy atom. The van der Waals surface area contributed by atoms with E-state index < -0.39 is 23.6 Å². The largest absolute Gasteiger partial charge is 0.502 e. The van der Waals surface area contributed by atoms with Gasteiger partial charge in [0.05, 0.1) is 12.9 Å². The van der Waals surface area contributed by atoms with Crippen molar-refractivity contribution in [3.05, 3.63) is 12.3 Å². The van der Waals surface area contributed by atoms with Crippen molar-refractivity contribution in [1.29, 1.82) is 0 Å². The summed E-state index contributed by atoms with van der Waals surface area (Å²) in [6.45, 7) is 1.51. The van der Waals surface area contributed by atoms with Gasteiger partial charge in [-0.05, 0) is 19.9 Å². The number of aliphatic hydroxyl groups is 1. The highest BCUT2D eigenvalue weighted by Crippen LogP contribution is 2.51. The van der Waals surface area contributed by atoms with Crippen LogP contribution in [0, 0.1) is 0 Å². The van der Waals surface area contributed by atoms with E-state index in [9.17, 15) is 30.7 Å². The Labute approximate surface area is 98.0 Å². The van der Waals surface area contributed by atoms with Crippen LogP contribution in [-0.2, 0) is 4.74 Å². The molecular formula is C9H11F7O2. The van der Waals surface area contributed by atoms with Crippen LogP contribution >= 0.6 is 0 Å². The zero-order chi connectivity index (χ0) is 14.8. The molecule has 0 fully saturated rings. The summed E-state index contributed by atoms with van der Waals surface area (Å²) in [5.41, 5.74) is -3.72. The van der Waals surface area contributed by atoms with Gasteiger partial charge in [0, 0.05) is 0 Å². The number of hydrogen-bond donors (Lipinski definition) is 1. The van der Waals surface area contributed by atoms with Gasteiger partial charge in [0.15, 0.2) is 5.60 Å². The third-order valence-corrected chi connectivity index (χ3v) is 2.04. The first-order valence-corrected chi connectivity index (χ1v) is 4.65. The van der Waals surface area contributed by atoms with E-state index in [0.717, 1.165) is 0 Å². The quantitative estimate of drug-likeness (QED) is 0.621. The van der Waals surface area contributed by atoms with Crippen molar-refractivity contribution in [1.82, 2.24) is 0 Å². The van der Waals surface area contributed by atoms with Crippen molar-refractivity contribution in [2.75, 3.05) is 6.61 Å². The van der Waals surface area contributed by atoms with E-state index in [1.165, 1.54) is 6.92 Å². The zero-order valence-corrected chi connectivity index (χ0v) is 9.36. The van der Waals surface area contributed by atoms with E-state index in [0.29, 0.717) is 6.26 Å². The van der Waals surface area contributed by atoms with Gasteiger partial charge < -0.3 is 9.84 Å². The number of halogens is 7. The molecule has 0 aliphatic carbocycles. The van der Waals surface area contributed by atoms with Crippen molar-refractivity contribution in [3.63, 3.8) is 0 Å². The van der Waals surface area contributed by atoms with Gasteiger partial charge in [0.2, 0.25) is 0 Å². The molecule has 18 heavy (non-hydrogen) atoms. The van der Waals surface area contributed by atoms with Gasteiger partial charge in [0.1, 0.15) is 0 Å². The summed E-state index contributed by atoms with van der Waals surface area (Å²) in [6.07, 6.45) is -6.02. The predicted molar refractivity (Wildman–Crippen MR) is 47.3 cm³/mol. The van der Waals surface area contributed by atoms with E-state index in [4.69, 9.17) is 5.11 Å². The molecule has 0 radical (unpaired) electrons. The minimum Gasteiger partial charge on any atom is -0.502 e. The Hall–Kier alpha value is -0.990. The molecule has 108 valence electrons. The van der Waals surface area contributed by atoms with E-state index in [1.54, 1.807) is 0 Å². The van der Waals surface area contributed by atoms with E-state index >= 15 is 0 Å². The van der Waals surface area contributed by atoms with Crippen LogP contribution in [0.15, 0.2) is 12.3 Å². The monoisotopic (exact) mass is 284 g/mol. The number of ether oxygens (including phenoxy) is 1. The van der Waals surface area contributed by atoms with Crippen molar-refractivity contribution in [3.8, 4) is 0 Å². The predicted octanol–water partition coefficient (Wildman–Crippen LogP) is 3.12. The minimum absolute atomic E-state index is 0.0339. The first-order valence-electron chi connectivity index (χ1n) is 4.65. The van der Waals surface area contributed by atoms with Crippen LogP contribution in [-0.4, -0.2) is 35.3 Å². The zero-order valence-electron chi connectivity index (χ0n) is 9.36. The van der Waals surface area contributed by atoms with E-state index in [-0.39, 0.29) is 19.6 Å². The molecule has 0 spiro atoms. The van der Waals surface area contributed by atoms with Crippen LogP contribution in [0.3, 0.4) is 0 Å². The second kappa shape index (κ2) is 4.94. The maximum atomic E-state index is 13.1. The first kappa shape index (κ1) is 17.0. The topological polar surface area (TPSA) is 29.5 Å². The lowest BCUT2D eigenvalue weighted by atomic mass is 9.92. The summed E-state index contributed by atoms with van der Waals surface area (Å²) in [5, 5.41) is 9.07. The molecule has 0 aromatic rings. The lowest BCUT2D eigenvalue weighted by Gasteiger charge is -2.36. The average molecular weight is 284 g/mol. The summed E-state index contributed by atoms with van der Waals surface area (Å²) in [6, 6.07) is 0. The van der Waals surface area contributed by atoms with Crippen molar-refractivity contribution in [2.24, 2.45) is 0 Å². The first-order chi connectivity index (χ1) is 7.81. The maximum Gasteiger partial charge on any atom is 0.460 e. The molecule has 0 aromatic heterocycles. The SMILES string of the molecule is CCO/C=C/[C@@](C)(O)C(F)(F)C(F)(F)C(F)(F)F. The average Bonchev–Trinajstić information content (AvgIpc) is 2.15. The highest BCUT2D eigenvalue weighted by molar-refractivity contribution is 5.11. The summed E-state index contributed by atoms with van der Waals surface area (Å²) in [7, 11) is 0. The van der Waals surface area contributed by atoms with Gasteiger partial charge in [-0.3, -0.25) is 0 Å². The molecule has 0 unspecified atom stereocenters. The normalized spacial score (nSPS) is 17.9. The molecule has 0 saturated heterocycles. The Bertz CT molecular complexity index is 307. The molecule has 0 heterocycles. The molecule has 0 saturated carbocycles. The number of hydrogen-bond acceptors (Lipinski definition) is 2. The third kappa shape index (κ3) is 2.88. The van der Waals surface area contributed by atoms with Crippen LogP contribution in [0.2, 0.25) is 0 Å². The maximum absolute atomic E-state index is 13.1. The summed E-state index contributed by atoms with van der Waals surface area (Å²) in [5.74, 6) is -12.1. The second-order valence-corrected chi connectivity index (χ2v) is 3.55. The summed E-state index contributed by atoms with van der Waals surface area (Å²) >= 11 is 0. The van der Waals surface area contributed by atoms with Crippen LogP contribution in [0.25, 0.3) is 0 Å². The highest BCUT2D eigenvalue weighted by Gasteiger charge is 2.78. The molecular weight excluding hydrogens is 273 g/mol. The van der Waals surface area contributed by atoms with Gasteiger partial charge in [-0.2, -0.15) is 30.7 Å². The summed E-state index contributed by atoms with van der Waals surface area (Å²) < 4.78 is 91.3. The number of rotatable bonds is 5. The molecule has 9 heteroatoms. The molecule has 1 N–H and O–H groups in total. The Morgan fingerprint density at radius 3 is 1.78 bits per heavy atom. The lowest BCUT2D eigenvalue weighted by Crippen LogP contribution is -2.62. The van der Waals surface area contributed by atoms with Crippen molar-refractivity contribution < 1.29 is 40.6 Å². The molecule has 0 rings (SSSR count). The van der Waals surface area contributed by atoms with Gasteiger partial charge >= 0.3 is 18.0 Å². The molecule has 0 amide bonds. The van der Waals surface area contributed by atoms with Crippen LogP contribution in [0.5, 0.6) is 0 Å². The highest BCUT2D eigenvalue weighted by atomic mass is 19.4. The van der Waals surface area contributed by atoms with Gasteiger partial charge in [-0.1, -0.05) is 0 Å². The fourth-order valence-electron chi connectivity index (χ4n) is 0.877. The molecule has 0 aromatic carbocycles. The van der Waals surface area contributed by atoms with Crippen molar-refractivity contribution in [2.45, 2.75) is 37.5 Å². The molecule has 0 aliphatic heterocycles. The fourth-order valence-corrected chi connectivity index (χ4v) is 0.877. The van der Waals surface area contributed by atoms with Crippen molar-refractivity contribution >= 4 is 0 Å². The minimum atomic E-state index is -6.49.